The first-order valence-corrected chi connectivity index (χ1v) is 6.50. The molecule has 0 amide bonds. The van der Waals surface area contributed by atoms with E-state index in [2.05, 4.69) is 0 Å². The number of nitrogens with zero attached hydrogens (tertiary/aromatic N) is 3. The van der Waals surface area contributed by atoms with E-state index in [0.717, 1.165) is 4.31 Å². The molecule has 0 saturated heterocycles. The van der Waals surface area contributed by atoms with Gasteiger partial charge in [-0.15, -0.1) is 0 Å². The van der Waals surface area contributed by atoms with Crippen LogP contribution in [0.2, 0.25) is 0 Å². The number of nitriles is 2. The number of nitrogen functional groups attached to an aromatic ring is 1. The van der Waals surface area contributed by atoms with Crippen LogP contribution in [0.1, 0.15) is 12.0 Å². The Labute approximate surface area is 106 Å². The zero-order chi connectivity index (χ0) is 13.8. The molecule has 0 radical (unpaired) electrons. The summed E-state index contributed by atoms with van der Waals surface area (Å²) in [5.41, 5.74) is 5.95. The minimum absolute atomic E-state index is 0.0258. The topological polar surface area (TPSA) is 111 Å². The van der Waals surface area contributed by atoms with E-state index in [1.807, 2.05) is 12.1 Å². The van der Waals surface area contributed by atoms with Crippen molar-refractivity contribution < 1.29 is 8.42 Å². The van der Waals surface area contributed by atoms with Crippen molar-refractivity contribution >= 4 is 15.7 Å². The van der Waals surface area contributed by atoms with Gasteiger partial charge in [0.1, 0.15) is 4.90 Å². The smallest absolute Gasteiger partial charge is 0.244 e. The lowest BCUT2D eigenvalue weighted by Gasteiger charge is -2.16. The molecule has 1 aromatic rings. The molecule has 18 heavy (non-hydrogen) atoms. The van der Waals surface area contributed by atoms with Gasteiger partial charge in [-0.05, 0) is 18.2 Å². The summed E-state index contributed by atoms with van der Waals surface area (Å²) in [6.45, 7) is 0.0955. The van der Waals surface area contributed by atoms with Crippen molar-refractivity contribution in [2.24, 2.45) is 0 Å². The monoisotopic (exact) mass is 264 g/mol. The molecule has 94 valence electrons. The highest BCUT2D eigenvalue weighted by molar-refractivity contribution is 7.89. The molecule has 6 nitrogen and oxygen atoms in total. The predicted molar refractivity (Wildman–Crippen MR) is 65.6 cm³/mol. The summed E-state index contributed by atoms with van der Waals surface area (Å²) < 4.78 is 25.3. The number of benzene rings is 1. The standard InChI is InChI=1S/C11H12N4O2S/c1-15(6-2-5-12)18(16,17)11-4-3-9(8-13)7-10(11)14/h3-4,7H,2,6,14H2,1H3. The molecule has 0 aliphatic rings. The summed E-state index contributed by atoms with van der Waals surface area (Å²) in [5, 5.41) is 17.1. The average molecular weight is 264 g/mol. The molecule has 0 heterocycles. The fourth-order valence-corrected chi connectivity index (χ4v) is 2.61. The minimum Gasteiger partial charge on any atom is -0.398 e. The Bertz CT molecular complexity index is 625. The maximum atomic E-state index is 12.1. The molecule has 0 aromatic heterocycles. The van der Waals surface area contributed by atoms with E-state index in [1.165, 1.54) is 25.2 Å². The van der Waals surface area contributed by atoms with Crippen molar-refractivity contribution in [1.82, 2.24) is 4.31 Å². The first-order valence-electron chi connectivity index (χ1n) is 5.06. The molecule has 7 heteroatoms. The molecular formula is C11H12N4O2S. The molecule has 2 N–H and O–H groups in total. The van der Waals surface area contributed by atoms with Gasteiger partial charge >= 0.3 is 0 Å². The van der Waals surface area contributed by atoms with Gasteiger partial charge in [-0.2, -0.15) is 14.8 Å². The van der Waals surface area contributed by atoms with Crippen LogP contribution in [0.25, 0.3) is 0 Å². The Morgan fingerprint density at radius 1 is 1.39 bits per heavy atom. The van der Waals surface area contributed by atoms with E-state index >= 15 is 0 Å². The Hall–Kier alpha value is -2.09. The third-order valence-corrected chi connectivity index (χ3v) is 4.30. The van der Waals surface area contributed by atoms with E-state index in [-0.39, 0.29) is 23.5 Å². The van der Waals surface area contributed by atoms with Gasteiger partial charge in [0, 0.05) is 20.0 Å². The van der Waals surface area contributed by atoms with Crippen LogP contribution in [-0.2, 0) is 10.0 Å². The van der Waals surface area contributed by atoms with E-state index in [0.29, 0.717) is 5.56 Å². The van der Waals surface area contributed by atoms with Crippen LogP contribution >= 0.6 is 0 Å². The normalized spacial score (nSPS) is 10.9. The number of rotatable bonds is 4. The quantitative estimate of drug-likeness (QED) is 0.803. The summed E-state index contributed by atoms with van der Waals surface area (Å²) in [7, 11) is -2.34. The molecule has 0 saturated carbocycles. The second-order valence-electron chi connectivity index (χ2n) is 3.60. The van der Waals surface area contributed by atoms with Gasteiger partial charge in [0.05, 0.1) is 23.4 Å². The van der Waals surface area contributed by atoms with Gasteiger partial charge in [-0.3, -0.25) is 0 Å². The third-order valence-electron chi connectivity index (χ3n) is 2.37. The number of nitrogens with two attached hydrogens (primary N) is 1. The highest BCUT2D eigenvalue weighted by Crippen LogP contribution is 2.22. The van der Waals surface area contributed by atoms with Crippen molar-refractivity contribution in [3.63, 3.8) is 0 Å². The van der Waals surface area contributed by atoms with E-state index in [1.54, 1.807) is 0 Å². The number of hydrogen-bond acceptors (Lipinski definition) is 5. The lowest BCUT2D eigenvalue weighted by atomic mass is 10.2. The van der Waals surface area contributed by atoms with Gasteiger partial charge in [-0.1, -0.05) is 0 Å². The Morgan fingerprint density at radius 2 is 2.06 bits per heavy atom. The van der Waals surface area contributed by atoms with Crippen LogP contribution in [0.4, 0.5) is 5.69 Å². The van der Waals surface area contributed by atoms with Crippen molar-refractivity contribution in [3.05, 3.63) is 23.8 Å². The van der Waals surface area contributed by atoms with Gasteiger partial charge in [0.2, 0.25) is 10.0 Å². The molecule has 0 unspecified atom stereocenters. The summed E-state index contributed by atoms with van der Waals surface area (Å²) >= 11 is 0. The zero-order valence-electron chi connectivity index (χ0n) is 9.79. The predicted octanol–water partition coefficient (Wildman–Crippen LogP) is 0.675. The van der Waals surface area contributed by atoms with Crippen molar-refractivity contribution in [2.45, 2.75) is 11.3 Å². The lowest BCUT2D eigenvalue weighted by molar-refractivity contribution is 0.477. The maximum Gasteiger partial charge on any atom is 0.244 e. The SMILES string of the molecule is CN(CCC#N)S(=O)(=O)c1ccc(C#N)cc1N. The van der Waals surface area contributed by atoms with Crippen molar-refractivity contribution in [2.75, 3.05) is 19.3 Å². The van der Waals surface area contributed by atoms with Gasteiger partial charge < -0.3 is 5.73 Å². The molecule has 0 bridgehead atoms. The molecule has 1 aromatic carbocycles. The van der Waals surface area contributed by atoms with Crippen LogP contribution in [0, 0.1) is 22.7 Å². The Morgan fingerprint density at radius 3 is 2.56 bits per heavy atom. The van der Waals surface area contributed by atoms with E-state index in [4.69, 9.17) is 16.3 Å². The number of sulfonamides is 1. The second-order valence-corrected chi connectivity index (χ2v) is 5.61. The molecule has 0 aliphatic heterocycles. The van der Waals surface area contributed by atoms with Crippen LogP contribution < -0.4 is 5.73 Å². The molecule has 0 spiro atoms. The Balaban J connectivity index is 3.14. The van der Waals surface area contributed by atoms with Crippen molar-refractivity contribution in [1.29, 1.82) is 10.5 Å². The number of anilines is 1. The minimum atomic E-state index is -3.72. The fourth-order valence-electron chi connectivity index (χ4n) is 1.35. The average Bonchev–Trinajstić information content (AvgIpc) is 2.35. The molecular weight excluding hydrogens is 252 g/mol. The van der Waals surface area contributed by atoms with Gasteiger partial charge in [-0.25, -0.2) is 8.42 Å². The zero-order valence-corrected chi connectivity index (χ0v) is 10.6. The first-order chi connectivity index (χ1) is 8.43. The van der Waals surface area contributed by atoms with Crippen LogP contribution in [0.15, 0.2) is 23.1 Å². The molecule has 0 atom stereocenters. The van der Waals surface area contributed by atoms with E-state index in [9.17, 15) is 8.42 Å². The summed E-state index contributed by atoms with van der Waals surface area (Å²) in [5.74, 6) is 0. The lowest BCUT2D eigenvalue weighted by Crippen LogP contribution is -2.28. The molecule has 0 aliphatic carbocycles. The highest BCUT2D eigenvalue weighted by Gasteiger charge is 2.22. The third kappa shape index (κ3) is 2.77. The molecule has 0 fully saturated rings. The molecule has 1 rings (SSSR count). The summed E-state index contributed by atoms with van der Waals surface area (Å²) in [6.07, 6.45) is 0.103. The van der Waals surface area contributed by atoms with Gasteiger partial charge in [0.25, 0.3) is 0 Å². The van der Waals surface area contributed by atoms with Crippen LogP contribution in [-0.4, -0.2) is 26.3 Å². The fraction of sp³-hybridized carbons (Fsp3) is 0.273. The highest BCUT2D eigenvalue weighted by atomic mass is 32.2. The summed E-state index contributed by atoms with van der Waals surface area (Å²) in [6, 6.07) is 7.75. The number of hydrogen-bond donors (Lipinski definition) is 1. The van der Waals surface area contributed by atoms with Crippen LogP contribution in [0.3, 0.4) is 0 Å². The van der Waals surface area contributed by atoms with Crippen molar-refractivity contribution in [3.8, 4) is 12.1 Å². The van der Waals surface area contributed by atoms with Gasteiger partial charge in [0.15, 0.2) is 0 Å². The van der Waals surface area contributed by atoms with E-state index < -0.39 is 10.0 Å². The first kappa shape index (κ1) is 14.0. The largest absolute Gasteiger partial charge is 0.398 e. The summed E-state index contributed by atoms with van der Waals surface area (Å²) in [4.78, 5) is -0.0538. The Kier molecular flexibility index (Phi) is 4.27. The van der Waals surface area contributed by atoms with Crippen LogP contribution in [0.5, 0.6) is 0 Å². The second kappa shape index (κ2) is 5.50. The maximum absolute atomic E-state index is 12.1.